The maximum absolute atomic E-state index is 13.0. The number of carbonyl (C=O) groups is 1. The molecule has 0 atom stereocenters. The molecule has 1 saturated carbocycles. The van der Waals surface area contributed by atoms with Gasteiger partial charge in [-0.25, -0.2) is 0 Å². The lowest BCUT2D eigenvalue weighted by Crippen LogP contribution is -2.41. The van der Waals surface area contributed by atoms with Crippen molar-refractivity contribution in [2.24, 2.45) is 10.4 Å². The molecule has 0 radical (unpaired) electrons. The normalized spacial score (nSPS) is 23.2. The van der Waals surface area contributed by atoms with E-state index in [0.717, 1.165) is 56.2 Å². The number of carbonyl (C=O) groups excluding carboxylic acids is 1. The van der Waals surface area contributed by atoms with Crippen LogP contribution in [0.5, 0.6) is 0 Å². The average molecular weight is 505 g/mol. The molecule has 0 bridgehead atoms. The van der Waals surface area contributed by atoms with Gasteiger partial charge in [0.05, 0.1) is 13.2 Å². The zero-order chi connectivity index (χ0) is 26.4. The highest BCUT2D eigenvalue weighted by molar-refractivity contribution is 6.44. The van der Waals surface area contributed by atoms with Gasteiger partial charge in [-0.15, -0.1) is 4.99 Å². The van der Waals surface area contributed by atoms with Crippen molar-refractivity contribution in [2.45, 2.75) is 77.2 Å². The number of nitrogens with one attached hydrogen (secondary N) is 1. The largest absolute Gasteiger partial charge is 0.395 e. The summed E-state index contributed by atoms with van der Waals surface area (Å²) in [5.74, 6) is 0.495. The Bertz CT molecular complexity index is 1110. The molecule has 4 rings (SSSR count). The van der Waals surface area contributed by atoms with Crippen molar-refractivity contribution in [3.05, 3.63) is 58.7 Å². The van der Waals surface area contributed by atoms with Crippen molar-refractivity contribution in [3.8, 4) is 0 Å². The molecule has 0 aromatic heterocycles. The molecule has 3 aliphatic rings. The zero-order valence-corrected chi connectivity index (χ0v) is 22.2. The summed E-state index contributed by atoms with van der Waals surface area (Å²) in [5, 5.41) is 21.9. The van der Waals surface area contributed by atoms with Crippen LogP contribution in [0.1, 0.15) is 82.3 Å². The van der Waals surface area contributed by atoms with E-state index >= 15 is 0 Å². The highest BCUT2D eigenvalue weighted by Gasteiger charge is 2.29. The number of nitrogens with zero attached hydrogens (tertiary/aromatic N) is 3. The number of amides is 1. The standard InChI is InChI=1S/C30H40N4O3/c1-30(2)14-12-22(13-15-30)25-20-23(21-4-7-24(8-5-21)34(16-18-35)17-19-36)6-9-26(25)33-29(37)27-10-11-28(31-3)32-27/h6,9,11-12,20-21,24,35-36H,4-5,7-8,10,13-19H2,1-2H3,(H,33,37). The van der Waals surface area contributed by atoms with Gasteiger partial charge in [-0.1, -0.05) is 38.6 Å². The van der Waals surface area contributed by atoms with Crippen LogP contribution in [0.2, 0.25) is 0 Å². The van der Waals surface area contributed by atoms with Crippen molar-refractivity contribution in [1.82, 2.24) is 4.90 Å². The van der Waals surface area contributed by atoms with Crippen molar-refractivity contribution in [3.63, 3.8) is 0 Å². The molecular weight excluding hydrogens is 464 g/mol. The predicted octanol–water partition coefficient (Wildman–Crippen LogP) is 5.14. The van der Waals surface area contributed by atoms with Crippen molar-refractivity contribution in [2.75, 3.05) is 31.6 Å². The number of rotatable bonds is 9. The van der Waals surface area contributed by atoms with E-state index in [1.54, 1.807) is 6.08 Å². The summed E-state index contributed by atoms with van der Waals surface area (Å²) < 4.78 is 0. The third-order valence-electron chi connectivity index (χ3n) is 8.17. The Hall–Kier alpha value is -2.79. The van der Waals surface area contributed by atoms with E-state index in [4.69, 9.17) is 6.57 Å². The van der Waals surface area contributed by atoms with Crippen LogP contribution in [0.25, 0.3) is 10.4 Å². The van der Waals surface area contributed by atoms with Crippen LogP contribution >= 0.6 is 0 Å². The fraction of sp³-hybridized carbons (Fsp3) is 0.567. The first-order chi connectivity index (χ1) is 17.8. The first-order valence-corrected chi connectivity index (χ1v) is 13.6. The zero-order valence-electron chi connectivity index (χ0n) is 22.2. The van der Waals surface area contributed by atoms with Crippen LogP contribution < -0.4 is 5.32 Å². The third-order valence-corrected chi connectivity index (χ3v) is 8.17. The Morgan fingerprint density at radius 3 is 2.49 bits per heavy atom. The number of hydrogen-bond donors (Lipinski definition) is 3. The van der Waals surface area contributed by atoms with Gasteiger partial charge in [-0.2, -0.15) is 0 Å². The van der Waals surface area contributed by atoms with Gasteiger partial charge in [0, 0.05) is 36.8 Å². The first kappa shape index (κ1) is 27.3. The van der Waals surface area contributed by atoms with Crippen LogP contribution in [0, 0.1) is 12.0 Å². The number of aliphatic hydroxyl groups is 2. The summed E-state index contributed by atoms with van der Waals surface area (Å²) in [6.07, 6.45) is 11.7. The molecule has 2 aliphatic carbocycles. The topological polar surface area (TPSA) is 89.5 Å². The molecule has 1 aliphatic heterocycles. The number of allylic oxidation sites excluding steroid dienone is 3. The third kappa shape index (κ3) is 6.75. The Morgan fingerprint density at radius 1 is 1.16 bits per heavy atom. The summed E-state index contributed by atoms with van der Waals surface area (Å²) in [6.45, 7) is 13.2. The Balaban J connectivity index is 1.54. The smallest absolute Gasteiger partial charge is 0.293 e. The Morgan fingerprint density at radius 2 is 1.89 bits per heavy atom. The molecule has 1 aromatic rings. The van der Waals surface area contributed by atoms with E-state index in [-0.39, 0.29) is 24.9 Å². The van der Waals surface area contributed by atoms with Crippen molar-refractivity contribution >= 4 is 22.9 Å². The van der Waals surface area contributed by atoms with Crippen LogP contribution in [-0.2, 0) is 4.79 Å². The SMILES string of the molecule is [C-]#[N+]C1=CCC(C(=O)Nc2ccc(C3CCC(N(CCO)CCO)CC3)cc2C2=CCC(C)(C)CC2)=N1. The molecule has 7 nitrogen and oxygen atoms in total. The van der Waals surface area contributed by atoms with Crippen molar-refractivity contribution in [1.29, 1.82) is 0 Å². The monoisotopic (exact) mass is 504 g/mol. The highest BCUT2D eigenvalue weighted by Crippen LogP contribution is 2.42. The maximum atomic E-state index is 13.0. The van der Waals surface area contributed by atoms with Gasteiger partial charge < -0.3 is 20.4 Å². The summed E-state index contributed by atoms with van der Waals surface area (Å²) in [7, 11) is 0. The summed E-state index contributed by atoms with van der Waals surface area (Å²) in [4.78, 5) is 22.7. The van der Waals surface area contributed by atoms with Crippen LogP contribution in [0.3, 0.4) is 0 Å². The minimum Gasteiger partial charge on any atom is -0.395 e. The van der Waals surface area contributed by atoms with Gasteiger partial charge in [0.1, 0.15) is 0 Å². The van der Waals surface area contributed by atoms with Crippen LogP contribution in [0.4, 0.5) is 5.69 Å². The molecule has 0 saturated heterocycles. The van der Waals surface area contributed by atoms with Crippen molar-refractivity contribution < 1.29 is 15.0 Å². The molecule has 1 aromatic carbocycles. The van der Waals surface area contributed by atoms with Gasteiger partial charge in [-0.05, 0) is 79.5 Å². The number of aliphatic hydroxyl groups excluding tert-OH is 2. The highest BCUT2D eigenvalue weighted by atomic mass is 16.3. The summed E-state index contributed by atoms with van der Waals surface area (Å²) in [5.41, 5.74) is 5.18. The Labute approximate surface area is 220 Å². The lowest BCUT2D eigenvalue weighted by molar-refractivity contribution is -0.110. The molecule has 198 valence electrons. The molecule has 0 unspecified atom stereocenters. The van der Waals surface area contributed by atoms with E-state index in [0.29, 0.717) is 42.6 Å². The molecular formula is C30H40N4O3. The second-order valence-electron chi connectivity index (χ2n) is 11.3. The van der Waals surface area contributed by atoms with E-state index < -0.39 is 0 Å². The second-order valence-corrected chi connectivity index (χ2v) is 11.3. The molecule has 1 amide bonds. The fourth-order valence-electron chi connectivity index (χ4n) is 5.85. The Kier molecular flexibility index (Phi) is 8.96. The fourth-order valence-corrected chi connectivity index (χ4v) is 5.85. The minimum atomic E-state index is -0.242. The summed E-state index contributed by atoms with van der Waals surface area (Å²) in [6, 6.07) is 6.87. The number of anilines is 1. The molecule has 1 fully saturated rings. The lowest BCUT2D eigenvalue weighted by atomic mass is 9.76. The van der Waals surface area contributed by atoms with Gasteiger partial charge in [0.25, 0.3) is 11.7 Å². The van der Waals surface area contributed by atoms with Gasteiger partial charge in [-0.3, -0.25) is 9.69 Å². The summed E-state index contributed by atoms with van der Waals surface area (Å²) >= 11 is 0. The van der Waals surface area contributed by atoms with Gasteiger partial charge in [0.2, 0.25) is 0 Å². The molecule has 1 heterocycles. The molecule has 37 heavy (non-hydrogen) atoms. The number of aliphatic imine (C=N–C) groups is 1. The maximum Gasteiger partial charge on any atom is 0.293 e. The lowest BCUT2D eigenvalue weighted by Gasteiger charge is -2.37. The van der Waals surface area contributed by atoms with Crippen LogP contribution in [-0.4, -0.2) is 59.1 Å². The van der Waals surface area contributed by atoms with Gasteiger partial charge in [0.15, 0.2) is 5.71 Å². The average Bonchev–Trinajstić information content (AvgIpc) is 3.39. The molecule has 0 spiro atoms. The van der Waals surface area contributed by atoms with E-state index in [2.05, 4.69) is 52.1 Å². The van der Waals surface area contributed by atoms with Crippen LogP contribution in [0.15, 0.2) is 41.2 Å². The first-order valence-electron chi connectivity index (χ1n) is 13.6. The quantitative estimate of drug-likeness (QED) is 0.407. The van der Waals surface area contributed by atoms with E-state index in [1.165, 1.54) is 11.1 Å². The minimum absolute atomic E-state index is 0.115. The van der Waals surface area contributed by atoms with E-state index in [9.17, 15) is 15.0 Å². The number of benzene rings is 1. The molecule has 3 N–H and O–H groups in total. The molecule has 7 heteroatoms. The second kappa shape index (κ2) is 12.2. The number of hydrogen-bond acceptors (Lipinski definition) is 5. The predicted molar refractivity (Wildman–Crippen MR) is 148 cm³/mol. The van der Waals surface area contributed by atoms with Gasteiger partial charge >= 0.3 is 0 Å². The van der Waals surface area contributed by atoms with E-state index in [1.807, 2.05) is 6.07 Å².